The van der Waals surface area contributed by atoms with E-state index in [4.69, 9.17) is 0 Å². The Morgan fingerprint density at radius 3 is 2.48 bits per heavy atom. The summed E-state index contributed by atoms with van der Waals surface area (Å²) >= 11 is 0. The number of nitrogens with zero attached hydrogens (tertiary/aromatic N) is 3. The molecule has 1 aliphatic heterocycles. The number of sulfonamides is 1. The van der Waals surface area contributed by atoms with Crippen LogP contribution in [0.1, 0.15) is 18.9 Å². The number of piperazine rings is 1. The van der Waals surface area contributed by atoms with Crippen molar-refractivity contribution in [3.63, 3.8) is 0 Å². The predicted molar refractivity (Wildman–Crippen MR) is 98.9 cm³/mol. The molecule has 2 heterocycles. The molecule has 1 saturated heterocycles. The van der Waals surface area contributed by atoms with Gasteiger partial charge in [-0.15, -0.1) is 0 Å². The summed E-state index contributed by atoms with van der Waals surface area (Å²) in [6.45, 7) is 3.58. The number of hydrogen-bond acceptors (Lipinski definition) is 3. The van der Waals surface area contributed by atoms with E-state index < -0.39 is 10.0 Å². The van der Waals surface area contributed by atoms with Gasteiger partial charge in [0.15, 0.2) is 0 Å². The number of rotatable bonds is 5. The van der Waals surface area contributed by atoms with E-state index in [9.17, 15) is 13.2 Å². The maximum absolute atomic E-state index is 12.7. The van der Waals surface area contributed by atoms with Crippen molar-refractivity contribution in [3.8, 4) is 0 Å². The normalized spacial score (nSPS) is 16.5. The quantitative estimate of drug-likeness (QED) is 0.811. The first-order valence-corrected chi connectivity index (χ1v) is 10.3. The summed E-state index contributed by atoms with van der Waals surface area (Å²) in [6.07, 6.45) is 2.97. The van der Waals surface area contributed by atoms with Crippen molar-refractivity contribution in [1.82, 2.24) is 13.8 Å². The van der Waals surface area contributed by atoms with Crippen LogP contribution in [-0.4, -0.2) is 60.0 Å². The van der Waals surface area contributed by atoms with Gasteiger partial charge in [-0.25, -0.2) is 8.42 Å². The second kappa shape index (κ2) is 7.17. The topological polar surface area (TPSA) is 62.6 Å². The first-order chi connectivity index (χ1) is 11.9. The minimum atomic E-state index is -3.17. The molecule has 0 unspecified atom stereocenters. The third-order valence-electron chi connectivity index (χ3n) is 4.77. The van der Waals surface area contributed by atoms with Crippen LogP contribution in [0.4, 0.5) is 0 Å². The van der Waals surface area contributed by atoms with Gasteiger partial charge in [-0.1, -0.05) is 25.1 Å². The molecule has 1 aromatic heterocycles. The maximum atomic E-state index is 12.7. The number of benzene rings is 1. The number of fused-ring (bicyclic) bond motifs is 1. The van der Waals surface area contributed by atoms with Crippen molar-refractivity contribution < 1.29 is 13.2 Å². The molecular formula is C18H25N3O3S. The van der Waals surface area contributed by atoms with Gasteiger partial charge in [0.1, 0.15) is 0 Å². The van der Waals surface area contributed by atoms with E-state index in [1.165, 1.54) is 4.31 Å². The molecule has 0 saturated carbocycles. The van der Waals surface area contributed by atoms with E-state index in [-0.39, 0.29) is 11.7 Å². The average Bonchev–Trinajstić information content (AvgIpc) is 2.91. The van der Waals surface area contributed by atoms with Gasteiger partial charge < -0.3 is 9.47 Å². The maximum Gasteiger partial charge on any atom is 0.227 e. The lowest BCUT2D eigenvalue weighted by Gasteiger charge is -2.34. The van der Waals surface area contributed by atoms with Crippen LogP contribution >= 0.6 is 0 Å². The fraction of sp³-hybridized carbons (Fsp3) is 0.500. The molecule has 1 aromatic carbocycles. The van der Waals surface area contributed by atoms with Crippen molar-refractivity contribution >= 4 is 26.8 Å². The van der Waals surface area contributed by atoms with Crippen molar-refractivity contribution in [2.75, 3.05) is 31.9 Å². The second-order valence-electron chi connectivity index (χ2n) is 6.56. The Kier molecular flexibility index (Phi) is 5.15. The molecule has 7 heteroatoms. The summed E-state index contributed by atoms with van der Waals surface area (Å²) in [6, 6.07) is 8.05. The highest BCUT2D eigenvalue weighted by Crippen LogP contribution is 2.21. The summed E-state index contributed by atoms with van der Waals surface area (Å²) in [4.78, 5) is 14.4. The third-order valence-corrected chi connectivity index (χ3v) is 6.84. The zero-order chi connectivity index (χ0) is 18.0. The van der Waals surface area contributed by atoms with Gasteiger partial charge in [-0.2, -0.15) is 4.31 Å². The molecule has 1 fully saturated rings. The molecule has 0 spiro atoms. The molecular weight excluding hydrogens is 338 g/mol. The molecule has 6 nitrogen and oxygen atoms in total. The highest BCUT2D eigenvalue weighted by Gasteiger charge is 2.28. The molecule has 0 N–H and O–H groups in total. The van der Waals surface area contributed by atoms with Crippen LogP contribution in [0.15, 0.2) is 30.5 Å². The number of aromatic nitrogens is 1. The monoisotopic (exact) mass is 363 g/mol. The zero-order valence-corrected chi connectivity index (χ0v) is 15.6. The van der Waals surface area contributed by atoms with Crippen LogP contribution in [0.3, 0.4) is 0 Å². The second-order valence-corrected chi connectivity index (χ2v) is 8.64. The van der Waals surface area contributed by atoms with E-state index >= 15 is 0 Å². The smallest absolute Gasteiger partial charge is 0.227 e. The highest BCUT2D eigenvalue weighted by molar-refractivity contribution is 7.89. The number of aryl methyl sites for hydroxylation is 1. The molecule has 0 atom stereocenters. The fourth-order valence-electron chi connectivity index (χ4n) is 3.44. The lowest BCUT2D eigenvalue weighted by Crippen LogP contribution is -2.51. The Hall–Kier alpha value is -1.86. The number of carbonyl (C=O) groups excluding carboxylic acids is 1. The fourth-order valence-corrected chi connectivity index (χ4v) is 4.94. The number of para-hydroxylation sites is 1. The summed E-state index contributed by atoms with van der Waals surface area (Å²) in [7, 11) is -1.20. The third kappa shape index (κ3) is 3.72. The van der Waals surface area contributed by atoms with Crippen molar-refractivity contribution in [2.45, 2.75) is 19.8 Å². The van der Waals surface area contributed by atoms with Gasteiger partial charge in [0, 0.05) is 50.3 Å². The van der Waals surface area contributed by atoms with Crippen LogP contribution in [-0.2, 0) is 28.3 Å². The molecule has 0 aliphatic carbocycles. The number of carbonyl (C=O) groups is 1. The van der Waals surface area contributed by atoms with E-state index in [2.05, 4.69) is 0 Å². The van der Waals surface area contributed by atoms with Crippen molar-refractivity contribution in [3.05, 3.63) is 36.0 Å². The van der Waals surface area contributed by atoms with Crippen molar-refractivity contribution in [1.29, 1.82) is 0 Å². The van der Waals surface area contributed by atoms with E-state index in [0.717, 1.165) is 16.5 Å². The number of hydrogen-bond donors (Lipinski definition) is 0. The Balaban J connectivity index is 1.65. The average molecular weight is 363 g/mol. The molecule has 3 rings (SSSR count). The molecule has 0 bridgehead atoms. The van der Waals surface area contributed by atoms with Gasteiger partial charge in [0.2, 0.25) is 15.9 Å². The van der Waals surface area contributed by atoms with E-state index in [1.807, 2.05) is 49.0 Å². The first-order valence-electron chi connectivity index (χ1n) is 8.71. The Labute approximate surface area is 149 Å². The van der Waals surface area contributed by atoms with Crippen LogP contribution < -0.4 is 0 Å². The lowest BCUT2D eigenvalue weighted by atomic mass is 10.1. The summed E-state index contributed by atoms with van der Waals surface area (Å²) in [5.41, 5.74) is 2.13. The highest BCUT2D eigenvalue weighted by atomic mass is 32.2. The molecule has 1 aliphatic rings. The predicted octanol–water partition coefficient (Wildman–Crippen LogP) is 1.60. The zero-order valence-electron chi connectivity index (χ0n) is 14.8. The Morgan fingerprint density at radius 2 is 1.80 bits per heavy atom. The molecule has 136 valence electrons. The molecule has 25 heavy (non-hydrogen) atoms. The van der Waals surface area contributed by atoms with Crippen LogP contribution in [0, 0.1) is 0 Å². The minimum Gasteiger partial charge on any atom is -0.350 e. The first kappa shape index (κ1) is 17.9. The van der Waals surface area contributed by atoms with Gasteiger partial charge in [0.05, 0.1) is 12.2 Å². The van der Waals surface area contributed by atoms with E-state index in [0.29, 0.717) is 39.0 Å². The standard InChI is InChI=1S/C18H25N3O3S/c1-3-12-25(23,24)21-10-8-20(9-11-21)18(22)13-15-14-19(2)17-7-5-4-6-16(15)17/h4-7,14H,3,8-13H2,1-2H3. The summed E-state index contributed by atoms with van der Waals surface area (Å²) in [5.74, 6) is 0.237. The lowest BCUT2D eigenvalue weighted by molar-refractivity contribution is -0.131. The summed E-state index contributed by atoms with van der Waals surface area (Å²) < 4.78 is 27.8. The Bertz CT molecular complexity index is 865. The molecule has 2 aromatic rings. The van der Waals surface area contributed by atoms with Crippen LogP contribution in [0.2, 0.25) is 0 Å². The van der Waals surface area contributed by atoms with Gasteiger partial charge in [-0.3, -0.25) is 4.79 Å². The van der Waals surface area contributed by atoms with Gasteiger partial charge in [0.25, 0.3) is 0 Å². The molecule has 0 radical (unpaired) electrons. The Morgan fingerprint density at radius 1 is 1.12 bits per heavy atom. The van der Waals surface area contributed by atoms with Crippen LogP contribution in [0.25, 0.3) is 10.9 Å². The van der Waals surface area contributed by atoms with E-state index in [1.54, 1.807) is 4.90 Å². The minimum absolute atomic E-state index is 0.0592. The SMILES string of the molecule is CCCS(=O)(=O)N1CCN(C(=O)Cc2cn(C)c3ccccc23)CC1. The van der Waals surface area contributed by atoms with Gasteiger partial charge >= 0.3 is 0 Å². The largest absolute Gasteiger partial charge is 0.350 e. The number of amides is 1. The summed E-state index contributed by atoms with van der Waals surface area (Å²) in [5, 5.41) is 1.10. The van der Waals surface area contributed by atoms with Crippen molar-refractivity contribution in [2.24, 2.45) is 7.05 Å². The molecule has 1 amide bonds. The van der Waals surface area contributed by atoms with Gasteiger partial charge in [-0.05, 0) is 18.1 Å². The van der Waals surface area contributed by atoms with Crippen LogP contribution in [0.5, 0.6) is 0 Å².